The Kier molecular flexibility index (Phi) is 3.31. The normalized spacial score (nSPS) is 11.2. The van der Waals surface area contributed by atoms with E-state index in [1.54, 1.807) is 18.1 Å². The largest absolute Gasteiger partial charge is 0.497 e. The lowest BCUT2D eigenvalue weighted by atomic mass is 10.3. The van der Waals surface area contributed by atoms with Gasteiger partial charge in [0.2, 0.25) is 0 Å². The molecule has 0 aliphatic carbocycles. The van der Waals surface area contributed by atoms with E-state index in [-0.39, 0.29) is 0 Å². The molecule has 0 bridgehead atoms. The predicted octanol–water partition coefficient (Wildman–Crippen LogP) is 1.96. The van der Waals surface area contributed by atoms with Crippen LogP contribution in [0.15, 0.2) is 24.5 Å². The highest BCUT2D eigenvalue weighted by atomic mass is 35.5. The van der Waals surface area contributed by atoms with Gasteiger partial charge in [0.05, 0.1) is 30.6 Å². The second-order valence-electron chi connectivity index (χ2n) is 4.44. The molecule has 1 aromatic carbocycles. The van der Waals surface area contributed by atoms with Gasteiger partial charge in [0.15, 0.2) is 5.82 Å². The first-order chi connectivity index (χ1) is 9.71. The molecule has 0 saturated carbocycles. The molecule has 0 spiro atoms. The monoisotopic (exact) mass is 291 g/mol. The third-order valence-electron chi connectivity index (χ3n) is 3.10. The van der Waals surface area contributed by atoms with Crippen molar-refractivity contribution >= 4 is 22.6 Å². The summed E-state index contributed by atoms with van der Waals surface area (Å²) in [5.41, 5.74) is 1.85. The van der Waals surface area contributed by atoms with E-state index < -0.39 is 0 Å². The van der Waals surface area contributed by atoms with E-state index in [1.807, 2.05) is 29.8 Å². The maximum absolute atomic E-state index is 5.99. The number of hydrogen-bond donors (Lipinski definition) is 0. The first-order valence-corrected chi connectivity index (χ1v) is 6.68. The summed E-state index contributed by atoms with van der Waals surface area (Å²) in [6, 6.07) is 5.78. The molecule has 0 atom stereocenters. The van der Waals surface area contributed by atoms with Gasteiger partial charge in [0.1, 0.15) is 17.9 Å². The van der Waals surface area contributed by atoms with Gasteiger partial charge < -0.3 is 9.30 Å². The average Bonchev–Trinajstić information content (AvgIpc) is 3.02. The summed E-state index contributed by atoms with van der Waals surface area (Å²) in [6.07, 6.45) is 1.68. The molecule has 6 nitrogen and oxygen atoms in total. The number of methoxy groups -OCH3 is 1. The highest BCUT2D eigenvalue weighted by Crippen LogP contribution is 2.23. The van der Waals surface area contributed by atoms with Gasteiger partial charge in [-0.1, -0.05) is 0 Å². The molecule has 0 radical (unpaired) electrons. The zero-order valence-corrected chi connectivity index (χ0v) is 12.0. The third kappa shape index (κ3) is 2.22. The van der Waals surface area contributed by atoms with Crippen molar-refractivity contribution in [2.24, 2.45) is 7.05 Å². The summed E-state index contributed by atoms with van der Waals surface area (Å²) in [6.45, 7) is 0.547. The number of benzene rings is 1. The number of hydrogen-bond acceptors (Lipinski definition) is 4. The highest BCUT2D eigenvalue weighted by molar-refractivity contribution is 6.16. The second-order valence-corrected chi connectivity index (χ2v) is 4.70. The Morgan fingerprint density at radius 2 is 2.20 bits per heavy atom. The minimum Gasteiger partial charge on any atom is -0.497 e. The maximum atomic E-state index is 5.99. The third-order valence-corrected chi connectivity index (χ3v) is 3.34. The number of nitrogens with zero attached hydrogens (tertiary/aromatic N) is 5. The van der Waals surface area contributed by atoms with Crippen molar-refractivity contribution in [2.75, 3.05) is 7.11 Å². The molecule has 0 amide bonds. The first kappa shape index (κ1) is 12.9. The Balaban J connectivity index is 2.08. The van der Waals surface area contributed by atoms with Crippen LogP contribution in [0.25, 0.3) is 11.0 Å². The van der Waals surface area contributed by atoms with Gasteiger partial charge in [-0.25, -0.2) is 9.97 Å². The van der Waals surface area contributed by atoms with Crippen molar-refractivity contribution in [1.29, 1.82) is 0 Å². The van der Waals surface area contributed by atoms with Crippen LogP contribution in [0.3, 0.4) is 0 Å². The standard InChI is InChI=1S/C13H14ClN5O/c1-18-8-15-12(17-18)7-19-11-4-3-9(20-2)5-10(11)16-13(19)6-14/h3-5,8H,6-7H2,1-2H3. The highest BCUT2D eigenvalue weighted by Gasteiger charge is 2.12. The average molecular weight is 292 g/mol. The Bertz CT molecular complexity index is 748. The van der Waals surface area contributed by atoms with Crippen LogP contribution in [0.5, 0.6) is 5.75 Å². The summed E-state index contributed by atoms with van der Waals surface area (Å²) >= 11 is 5.99. The van der Waals surface area contributed by atoms with Gasteiger partial charge in [-0.05, 0) is 12.1 Å². The zero-order valence-electron chi connectivity index (χ0n) is 11.2. The second kappa shape index (κ2) is 5.13. The van der Waals surface area contributed by atoms with Crippen LogP contribution in [0.4, 0.5) is 0 Å². The minimum atomic E-state index is 0.337. The molecule has 7 heteroatoms. The van der Waals surface area contributed by atoms with Crippen LogP contribution in [0.2, 0.25) is 0 Å². The summed E-state index contributed by atoms with van der Waals surface area (Å²) in [7, 11) is 3.48. The van der Waals surface area contributed by atoms with Crippen LogP contribution in [0, 0.1) is 0 Å². The Morgan fingerprint density at radius 3 is 2.85 bits per heavy atom. The SMILES string of the molecule is COc1ccc2c(c1)nc(CCl)n2Cc1ncn(C)n1. The van der Waals surface area contributed by atoms with E-state index in [0.29, 0.717) is 12.4 Å². The summed E-state index contributed by atoms with van der Waals surface area (Å²) in [4.78, 5) is 8.77. The van der Waals surface area contributed by atoms with Crippen molar-refractivity contribution in [1.82, 2.24) is 24.3 Å². The van der Waals surface area contributed by atoms with Gasteiger partial charge in [0.25, 0.3) is 0 Å². The van der Waals surface area contributed by atoms with Crippen molar-refractivity contribution in [2.45, 2.75) is 12.4 Å². The van der Waals surface area contributed by atoms with Crippen LogP contribution >= 0.6 is 11.6 Å². The molecule has 0 unspecified atom stereocenters. The van der Waals surface area contributed by atoms with Gasteiger partial charge >= 0.3 is 0 Å². The molecule has 3 rings (SSSR count). The van der Waals surface area contributed by atoms with Gasteiger partial charge in [-0.15, -0.1) is 11.6 Å². The van der Waals surface area contributed by atoms with Crippen molar-refractivity contribution in [3.8, 4) is 5.75 Å². The molecule has 104 valence electrons. The molecule has 0 N–H and O–H groups in total. The molecule has 0 fully saturated rings. The lowest BCUT2D eigenvalue weighted by Gasteiger charge is -2.05. The molecular weight excluding hydrogens is 278 g/mol. The van der Waals surface area contributed by atoms with Crippen molar-refractivity contribution < 1.29 is 4.74 Å². The van der Waals surface area contributed by atoms with E-state index >= 15 is 0 Å². The van der Waals surface area contributed by atoms with E-state index in [2.05, 4.69) is 15.1 Å². The van der Waals surface area contributed by atoms with E-state index in [9.17, 15) is 0 Å². The fraction of sp³-hybridized carbons (Fsp3) is 0.308. The molecular formula is C13H14ClN5O. The number of fused-ring (bicyclic) bond motifs is 1. The van der Waals surface area contributed by atoms with Crippen LogP contribution in [0.1, 0.15) is 11.6 Å². The summed E-state index contributed by atoms with van der Waals surface area (Å²) in [5, 5.41) is 4.29. The summed E-state index contributed by atoms with van der Waals surface area (Å²) in [5.74, 6) is 2.64. The number of ether oxygens (including phenoxy) is 1. The smallest absolute Gasteiger partial charge is 0.170 e. The van der Waals surface area contributed by atoms with Crippen LogP contribution in [-0.4, -0.2) is 31.4 Å². The van der Waals surface area contributed by atoms with E-state index in [4.69, 9.17) is 16.3 Å². The number of alkyl halides is 1. The lowest BCUT2D eigenvalue weighted by molar-refractivity contribution is 0.415. The fourth-order valence-corrected chi connectivity index (χ4v) is 2.37. The fourth-order valence-electron chi connectivity index (χ4n) is 2.16. The number of halogens is 1. The number of imidazole rings is 1. The quantitative estimate of drug-likeness (QED) is 0.690. The molecule has 0 aliphatic heterocycles. The molecule has 2 heterocycles. The van der Waals surface area contributed by atoms with E-state index in [1.165, 1.54) is 0 Å². The predicted molar refractivity (Wildman–Crippen MR) is 75.9 cm³/mol. The Hall–Kier alpha value is -2.08. The number of rotatable bonds is 4. The van der Waals surface area contributed by atoms with E-state index in [0.717, 1.165) is 28.4 Å². The van der Waals surface area contributed by atoms with Gasteiger partial charge in [-0.3, -0.25) is 4.68 Å². The molecule has 0 aliphatic rings. The molecule has 2 aromatic heterocycles. The van der Waals surface area contributed by atoms with Crippen molar-refractivity contribution in [3.05, 3.63) is 36.2 Å². The van der Waals surface area contributed by atoms with Crippen LogP contribution < -0.4 is 4.74 Å². The van der Waals surface area contributed by atoms with Gasteiger partial charge in [0, 0.05) is 13.1 Å². The molecule has 0 saturated heterocycles. The number of aromatic nitrogens is 5. The molecule has 3 aromatic rings. The topological polar surface area (TPSA) is 57.8 Å². The lowest BCUT2D eigenvalue weighted by Crippen LogP contribution is -2.06. The first-order valence-electron chi connectivity index (χ1n) is 6.15. The zero-order chi connectivity index (χ0) is 14.1. The summed E-state index contributed by atoms with van der Waals surface area (Å²) < 4.78 is 8.92. The Labute approximate surface area is 121 Å². The van der Waals surface area contributed by atoms with Crippen LogP contribution in [-0.2, 0) is 19.5 Å². The van der Waals surface area contributed by atoms with Gasteiger partial charge in [-0.2, -0.15) is 5.10 Å². The maximum Gasteiger partial charge on any atom is 0.170 e. The minimum absolute atomic E-state index is 0.337. The Morgan fingerprint density at radius 1 is 1.35 bits per heavy atom. The number of aryl methyl sites for hydroxylation is 1. The van der Waals surface area contributed by atoms with Crippen molar-refractivity contribution in [3.63, 3.8) is 0 Å². The molecule has 20 heavy (non-hydrogen) atoms.